The molecule has 2 amide bonds. The fourth-order valence-electron chi connectivity index (χ4n) is 4.67. The number of carbonyl (C=O) groups is 2. The molecular weight excluding hydrogens is 416 g/mol. The van der Waals surface area contributed by atoms with Gasteiger partial charge in [0.1, 0.15) is 0 Å². The van der Waals surface area contributed by atoms with Crippen LogP contribution in [0.2, 0.25) is 0 Å². The van der Waals surface area contributed by atoms with Crippen LogP contribution in [0.3, 0.4) is 0 Å². The molecule has 0 unspecified atom stereocenters. The number of amides is 2. The highest BCUT2D eigenvalue weighted by Gasteiger charge is 2.38. The second-order valence-electron chi connectivity index (χ2n) is 9.16. The van der Waals surface area contributed by atoms with E-state index in [0.717, 1.165) is 29.7 Å². The van der Waals surface area contributed by atoms with E-state index in [9.17, 15) is 9.59 Å². The van der Waals surface area contributed by atoms with Crippen LogP contribution >= 0.6 is 0 Å². The lowest BCUT2D eigenvalue weighted by atomic mass is 9.95. The maximum absolute atomic E-state index is 13.1. The van der Waals surface area contributed by atoms with Gasteiger partial charge in [0.05, 0.1) is 5.92 Å². The molecule has 2 fully saturated rings. The van der Waals surface area contributed by atoms with E-state index in [4.69, 9.17) is 4.52 Å². The Labute approximate surface area is 193 Å². The number of likely N-dealkylation sites (tertiary alicyclic amines) is 1. The van der Waals surface area contributed by atoms with E-state index in [1.165, 1.54) is 5.56 Å². The van der Waals surface area contributed by atoms with Gasteiger partial charge in [-0.05, 0) is 38.8 Å². The monoisotopic (exact) mass is 444 g/mol. The molecule has 170 valence electrons. The lowest BCUT2D eigenvalue weighted by molar-refractivity contribution is -0.136. The average Bonchev–Trinajstić information content (AvgIpc) is 3.47. The molecule has 0 aliphatic carbocycles. The highest BCUT2D eigenvalue weighted by atomic mass is 16.5. The van der Waals surface area contributed by atoms with Crippen molar-refractivity contribution in [3.05, 3.63) is 65.5 Å². The molecule has 2 aliphatic rings. The van der Waals surface area contributed by atoms with Gasteiger partial charge in [-0.25, -0.2) is 0 Å². The summed E-state index contributed by atoms with van der Waals surface area (Å²) in [6, 6.07) is 15.9. The minimum atomic E-state index is -0.285. The van der Waals surface area contributed by atoms with E-state index in [1.54, 1.807) is 4.90 Å². The zero-order valence-corrected chi connectivity index (χ0v) is 19.0. The molecule has 0 spiro atoms. The van der Waals surface area contributed by atoms with Gasteiger partial charge in [-0.3, -0.25) is 9.59 Å². The molecule has 2 saturated heterocycles. The van der Waals surface area contributed by atoms with E-state index in [1.807, 2.05) is 67.3 Å². The zero-order chi connectivity index (χ0) is 22.9. The summed E-state index contributed by atoms with van der Waals surface area (Å²) in [5.74, 6) is 1.19. The number of aryl methyl sites for hydroxylation is 2. The molecule has 1 aromatic heterocycles. The Morgan fingerprint density at radius 1 is 0.970 bits per heavy atom. The van der Waals surface area contributed by atoms with Crippen LogP contribution in [0, 0.1) is 19.8 Å². The summed E-state index contributed by atoms with van der Waals surface area (Å²) in [7, 11) is 0. The third-order valence-electron chi connectivity index (χ3n) is 6.73. The smallest absolute Gasteiger partial charge is 0.230 e. The van der Waals surface area contributed by atoms with Crippen LogP contribution < -0.4 is 4.90 Å². The molecule has 2 aliphatic heterocycles. The predicted molar refractivity (Wildman–Crippen MR) is 125 cm³/mol. The minimum absolute atomic E-state index is 0.0154. The molecule has 7 heteroatoms. The fourth-order valence-corrected chi connectivity index (χ4v) is 4.67. The van der Waals surface area contributed by atoms with E-state index >= 15 is 0 Å². The molecule has 0 saturated carbocycles. The van der Waals surface area contributed by atoms with Crippen molar-refractivity contribution in [1.29, 1.82) is 0 Å². The van der Waals surface area contributed by atoms with E-state index in [0.29, 0.717) is 31.3 Å². The Balaban J connectivity index is 1.18. The van der Waals surface area contributed by atoms with Gasteiger partial charge in [-0.15, -0.1) is 0 Å². The summed E-state index contributed by atoms with van der Waals surface area (Å²) < 4.78 is 5.55. The number of benzene rings is 2. The summed E-state index contributed by atoms with van der Waals surface area (Å²) in [5.41, 5.74) is 4.13. The molecule has 0 radical (unpaired) electrons. The van der Waals surface area contributed by atoms with Crippen LogP contribution in [0.5, 0.6) is 0 Å². The van der Waals surface area contributed by atoms with Crippen molar-refractivity contribution in [2.45, 2.75) is 39.0 Å². The predicted octanol–water partition coefficient (Wildman–Crippen LogP) is 4.11. The fraction of sp³-hybridized carbons (Fsp3) is 0.385. The Morgan fingerprint density at radius 3 is 2.27 bits per heavy atom. The summed E-state index contributed by atoms with van der Waals surface area (Å²) in [5, 5.41) is 4.15. The summed E-state index contributed by atoms with van der Waals surface area (Å²) in [6.45, 7) is 5.79. The van der Waals surface area contributed by atoms with Gasteiger partial charge in [0.2, 0.25) is 23.5 Å². The van der Waals surface area contributed by atoms with Gasteiger partial charge in [0, 0.05) is 43.2 Å². The van der Waals surface area contributed by atoms with Crippen LogP contribution in [0.15, 0.2) is 53.1 Å². The van der Waals surface area contributed by atoms with Gasteiger partial charge < -0.3 is 14.3 Å². The number of carbonyl (C=O) groups excluding carboxylic acids is 2. The van der Waals surface area contributed by atoms with Crippen LogP contribution in [-0.4, -0.2) is 46.5 Å². The number of aromatic nitrogens is 2. The Kier molecular flexibility index (Phi) is 5.70. The Hall–Kier alpha value is -3.48. The second kappa shape index (κ2) is 8.81. The second-order valence-corrected chi connectivity index (χ2v) is 9.16. The first kappa shape index (κ1) is 21.4. The molecule has 3 aromatic rings. The molecule has 2 aromatic carbocycles. The first-order chi connectivity index (χ1) is 16.0. The Bertz CT molecular complexity index is 1150. The lowest BCUT2D eigenvalue weighted by Gasteiger charge is -2.32. The van der Waals surface area contributed by atoms with E-state index in [2.05, 4.69) is 10.1 Å². The van der Waals surface area contributed by atoms with Crippen molar-refractivity contribution in [3.63, 3.8) is 0 Å². The number of piperidine rings is 1. The van der Waals surface area contributed by atoms with Gasteiger partial charge in [0.25, 0.3) is 0 Å². The maximum atomic E-state index is 13.1. The number of hydrogen-bond donors (Lipinski definition) is 0. The number of nitrogens with zero attached hydrogens (tertiary/aromatic N) is 4. The van der Waals surface area contributed by atoms with Crippen LogP contribution in [-0.2, 0) is 9.59 Å². The first-order valence-corrected chi connectivity index (χ1v) is 11.5. The van der Waals surface area contributed by atoms with Crippen molar-refractivity contribution < 1.29 is 14.1 Å². The summed E-state index contributed by atoms with van der Waals surface area (Å²) in [4.78, 5) is 33.9. The zero-order valence-electron chi connectivity index (χ0n) is 19.0. The largest absolute Gasteiger partial charge is 0.342 e. The van der Waals surface area contributed by atoms with Crippen LogP contribution in [0.25, 0.3) is 11.4 Å². The highest BCUT2D eigenvalue weighted by Crippen LogP contribution is 2.31. The summed E-state index contributed by atoms with van der Waals surface area (Å²) >= 11 is 0. The molecule has 1 atom stereocenters. The minimum Gasteiger partial charge on any atom is -0.342 e. The van der Waals surface area contributed by atoms with Gasteiger partial charge in [-0.1, -0.05) is 52.7 Å². The normalized spacial score (nSPS) is 19.3. The standard InChI is InChI=1S/C26H28N4O3/c1-17-3-7-19(8-4-17)24-27-25(33-28-24)20-11-13-29(14-12-20)26(32)21-15-23(31)30(16-21)22-9-5-18(2)6-10-22/h3-10,20-21H,11-16H2,1-2H3/t21-/m1/s1. The van der Waals surface area contributed by atoms with Crippen molar-refractivity contribution in [2.24, 2.45) is 5.92 Å². The van der Waals surface area contributed by atoms with Crippen molar-refractivity contribution in [3.8, 4) is 11.4 Å². The number of hydrogen-bond acceptors (Lipinski definition) is 5. The van der Waals surface area contributed by atoms with E-state index in [-0.39, 0.29) is 30.1 Å². The quantitative estimate of drug-likeness (QED) is 0.605. The van der Waals surface area contributed by atoms with Crippen LogP contribution in [0.1, 0.15) is 42.2 Å². The van der Waals surface area contributed by atoms with Crippen molar-refractivity contribution in [1.82, 2.24) is 15.0 Å². The van der Waals surface area contributed by atoms with Gasteiger partial charge in [-0.2, -0.15) is 4.98 Å². The number of anilines is 1. The van der Waals surface area contributed by atoms with Gasteiger partial charge >= 0.3 is 0 Å². The molecule has 0 N–H and O–H groups in total. The summed E-state index contributed by atoms with van der Waals surface area (Å²) in [6.07, 6.45) is 1.84. The molecule has 3 heterocycles. The third kappa shape index (κ3) is 4.40. The lowest BCUT2D eigenvalue weighted by Crippen LogP contribution is -2.42. The van der Waals surface area contributed by atoms with E-state index < -0.39 is 0 Å². The molecule has 5 rings (SSSR count). The van der Waals surface area contributed by atoms with Crippen molar-refractivity contribution >= 4 is 17.5 Å². The molecular formula is C26H28N4O3. The van der Waals surface area contributed by atoms with Crippen molar-refractivity contribution in [2.75, 3.05) is 24.5 Å². The molecule has 7 nitrogen and oxygen atoms in total. The average molecular weight is 445 g/mol. The Morgan fingerprint density at radius 2 is 1.61 bits per heavy atom. The molecule has 0 bridgehead atoms. The first-order valence-electron chi connectivity index (χ1n) is 11.5. The molecule has 33 heavy (non-hydrogen) atoms. The third-order valence-corrected chi connectivity index (χ3v) is 6.73. The maximum Gasteiger partial charge on any atom is 0.230 e. The van der Waals surface area contributed by atoms with Crippen LogP contribution in [0.4, 0.5) is 5.69 Å². The number of rotatable bonds is 4. The highest BCUT2D eigenvalue weighted by molar-refractivity contribution is 6.00. The topological polar surface area (TPSA) is 79.5 Å². The SMILES string of the molecule is Cc1ccc(-c2noc(C3CCN(C(=O)[C@@H]4CC(=O)N(c5ccc(C)cc5)C4)CC3)n2)cc1. The van der Waals surface area contributed by atoms with Gasteiger partial charge in [0.15, 0.2) is 0 Å².